The molecule has 1 aromatic heterocycles. The number of hydrogen-bond acceptors (Lipinski definition) is 8. The second-order valence-electron chi connectivity index (χ2n) is 7.21. The molecule has 1 heterocycles. The number of nitrogens with one attached hydrogen (secondary N) is 2. The molecule has 0 atom stereocenters. The molecule has 34 heavy (non-hydrogen) atoms. The largest absolute Gasteiger partial charge is 0.497 e. The number of carbonyl (C=O) groups is 1. The molecule has 0 saturated heterocycles. The first-order valence-electron chi connectivity index (χ1n) is 10.5. The van der Waals surface area contributed by atoms with Crippen LogP contribution in [0.4, 0.5) is 5.69 Å². The van der Waals surface area contributed by atoms with Crippen LogP contribution in [-0.4, -0.2) is 46.9 Å². The number of allylic oxidation sites excluding steroid dienone is 1. The Morgan fingerprint density at radius 3 is 2.68 bits per heavy atom. The van der Waals surface area contributed by atoms with Gasteiger partial charge >= 0.3 is 0 Å². The third-order valence-electron chi connectivity index (χ3n) is 4.77. The van der Waals surface area contributed by atoms with Gasteiger partial charge in [0.15, 0.2) is 11.0 Å². The summed E-state index contributed by atoms with van der Waals surface area (Å²) in [7, 11) is 3.14. The van der Waals surface area contributed by atoms with Crippen molar-refractivity contribution in [1.29, 1.82) is 0 Å². The summed E-state index contributed by atoms with van der Waals surface area (Å²) in [5, 5.41) is 16.5. The Morgan fingerprint density at radius 1 is 1.18 bits per heavy atom. The molecule has 0 spiro atoms. The minimum absolute atomic E-state index is 0.137. The second kappa shape index (κ2) is 12.4. The molecule has 1 amide bonds. The molecule has 0 aliphatic heterocycles. The number of aryl methyl sites for hydroxylation is 1. The highest BCUT2D eigenvalue weighted by molar-refractivity contribution is 7.99. The first-order chi connectivity index (χ1) is 16.5. The molecule has 178 valence electrons. The summed E-state index contributed by atoms with van der Waals surface area (Å²) >= 11 is 1.29. The molecule has 3 rings (SSSR count). The average Bonchev–Trinajstić information content (AvgIpc) is 3.24. The van der Waals surface area contributed by atoms with Crippen LogP contribution >= 0.6 is 11.8 Å². The summed E-state index contributed by atoms with van der Waals surface area (Å²) < 4.78 is 12.4. The van der Waals surface area contributed by atoms with Gasteiger partial charge in [0.05, 0.1) is 32.7 Å². The molecule has 0 bridgehead atoms. The van der Waals surface area contributed by atoms with E-state index in [0.29, 0.717) is 35.3 Å². The molecule has 3 aromatic rings. The van der Waals surface area contributed by atoms with Gasteiger partial charge in [0.1, 0.15) is 11.5 Å². The summed E-state index contributed by atoms with van der Waals surface area (Å²) in [5.74, 6) is 1.90. The molecule has 0 radical (unpaired) electrons. The lowest BCUT2D eigenvalue weighted by molar-refractivity contribution is -0.118. The van der Waals surface area contributed by atoms with Gasteiger partial charge in [-0.15, -0.1) is 16.8 Å². The van der Waals surface area contributed by atoms with Crippen LogP contribution < -0.4 is 20.2 Å². The molecule has 0 aliphatic carbocycles. The maximum atomic E-state index is 12.3. The van der Waals surface area contributed by atoms with Gasteiger partial charge in [-0.2, -0.15) is 5.10 Å². The number of amides is 1. The van der Waals surface area contributed by atoms with Crippen LogP contribution in [0, 0.1) is 6.92 Å². The molecule has 0 aliphatic rings. The van der Waals surface area contributed by atoms with Crippen molar-refractivity contribution in [1.82, 2.24) is 20.2 Å². The van der Waals surface area contributed by atoms with E-state index in [1.54, 1.807) is 38.5 Å². The number of hydrogen-bond donors (Lipinski definition) is 2. The van der Waals surface area contributed by atoms with E-state index >= 15 is 0 Å². The Kier molecular flexibility index (Phi) is 9.10. The van der Waals surface area contributed by atoms with E-state index in [0.717, 1.165) is 11.5 Å². The van der Waals surface area contributed by atoms with Gasteiger partial charge in [0, 0.05) is 23.9 Å². The maximum absolute atomic E-state index is 12.3. The normalized spacial score (nSPS) is 10.8. The van der Waals surface area contributed by atoms with Crippen LogP contribution in [-0.2, 0) is 17.9 Å². The zero-order chi connectivity index (χ0) is 24.3. The smallest absolute Gasteiger partial charge is 0.250 e. The van der Waals surface area contributed by atoms with Crippen molar-refractivity contribution in [3.05, 3.63) is 72.1 Å². The zero-order valence-corrected chi connectivity index (χ0v) is 20.3. The van der Waals surface area contributed by atoms with E-state index in [1.165, 1.54) is 23.5 Å². The van der Waals surface area contributed by atoms with Crippen LogP contribution in [0.3, 0.4) is 0 Å². The number of anilines is 1. The van der Waals surface area contributed by atoms with Gasteiger partial charge in [-0.05, 0) is 31.2 Å². The number of nitrogens with zero attached hydrogens (tertiary/aromatic N) is 4. The minimum atomic E-state index is -0.263. The lowest BCUT2D eigenvalue weighted by atomic mass is 10.2. The third kappa shape index (κ3) is 6.85. The lowest BCUT2D eigenvalue weighted by Crippen LogP contribution is -2.20. The Hall–Kier alpha value is -3.79. The molecular formula is C24H28N6O3S. The average molecular weight is 481 g/mol. The topological polar surface area (TPSA) is 103 Å². The van der Waals surface area contributed by atoms with Crippen molar-refractivity contribution in [2.75, 3.05) is 25.3 Å². The van der Waals surface area contributed by atoms with Gasteiger partial charge in [0.25, 0.3) is 5.91 Å². The van der Waals surface area contributed by atoms with Crippen LogP contribution in [0.5, 0.6) is 11.5 Å². The lowest BCUT2D eigenvalue weighted by Gasteiger charge is -2.09. The molecular weight excluding hydrogens is 452 g/mol. The van der Waals surface area contributed by atoms with Crippen molar-refractivity contribution in [2.45, 2.75) is 25.2 Å². The molecule has 0 unspecified atom stereocenters. The standard InChI is InChI=1S/C24H28N6O3S/c1-5-12-30-22(15-25-19-9-6-17(2)7-10-19)27-29-24(30)34-16-23(31)28-26-14-18-8-11-20(32-3)13-21(18)33-4/h5-11,13-14,25H,1,12,15-16H2,2-4H3,(H,28,31). The summed E-state index contributed by atoms with van der Waals surface area (Å²) in [5.41, 5.74) is 5.44. The van der Waals surface area contributed by atoms with Gasteiger partial charge in [-0.3, -0.25) is 4.79 Å². The molecule has 0 fully saturated rings. The predicted octanol–water partition coefficient (Wildman–Crippen LogP) is 3.64. The number of ether oxygens (including phenoxy) is 2. The zero-order valence-electron chi connectivity index (χ0n) is 19.4. The quantitative estimate of drug-likeness (QED) is 0.177. The highest BCUT2D eigenvalue weighted by Gasteiger charge is 2.13. The Labute approximate surface area is 203 Å². The van der Waals surface area contributed by atoms with Crippen LogP contribution in [0.25, 0.3) is 0 Å². The van der Waals surface area contributed by atoms with Gasteiger partial charge in [-0.1, -0.05) is 35.5 Å². The Bertz CT molecular complexity index is 1140. The first-order valence-corrected chi connectivity index (χ1v) is 11.5. The molecule has 10 heteroatoms. The van der Waals surface area contributed by atoms with Crippen LogP contribution in [0.2, 0.25) is 0 Å². The third-order valence-corrected chi connectivity index (χ3v) is 5.74. The highest BCUT2D eigenvalue weighted by Crippen LogP contribution is 2.23. The van der Waals surface area contributed by atoms with Gasteiger partial charge < -0.3 is 19.4 Å². The molecule has 0 saturated carbocycles. The minimum Gasteiger partial charge on any atom is -0.497 e. The monoisotopic (exact) mass is 480 g/mol. The number of thioether (sulfide) groups is 1. The Balaban J connectivity index is 1.56. The van der Waals surface area contributed by atoms with E-state index in [2.05, 4.69) is 32.6 Å². The van der Waals surface area contributed by atoms with Crippen molar-refractivity contribution < 1.29 is 14.3 Å². The summed E-state index contributed by atoms with van der Waals surface area (Å²) in [6.07, 6.45) is 3.30. The van der Waals surface area contributed by atoms with Crippen molar-refractivity contribution in [2.24, 2.45) is 5.10 Å². The summed E-state index contributed by atoms with van der Waals surface area (Å²) in [6, 6.07) is 13.5. The fraction of sp³-hybridized carbons (Fsp3) is 0.250. The number of rotatable bonds is 12. The number of aromatic nitrogens is 3. The van der Waals surface area contributed by atoms with Crippen molar-refractivity contribution in [3.63, 3.8) is 0 Å². The molecule has 2 aromatic carbocycles. The van der Waals surface area contributed by atoms with E-state index < -0.39 is 0 Å². The fourth-order valence-electron chi connectivity index (χ4n) is 2.98. The van der Waals surface area contributed by atoms with Crippen LogP contribution in [0.1, 0.15) is 17.0 Å². The van der Waals surface area contributed by atoms with E-state index in [4.69, 9.17) is 9.47 Å². The van der Waals surface area contributed by atoms with Gasteiger partial charge in [-0.25, -0.2) is 5.43 Å². The number of hydrazone groups is 1. The van der Waals surface area contributed by atoms with Crippen molar-refractivity contribution in [3.8, 4) is 11.5 Å². The molecule has 9 nitrogen and oxygen atoms in total. The highest BCUT2D eigenvalue weighted by atomic mass is 32.2. The number of methoxy groups -OCH3 is 2. The second-order valence-corrected chi connectivity index (χ2v) is 8.15. The van der Waals surface area contributed by atoms with Gasteiger partial charge in [0.2, 0.25) is 0 Å². The Morgan fingerprint density at radius 2 is 1.97 bits per heavy atom. The predicted molar refractivity (Wildman–Crippen MR) is 135 cm³/mol. The summed E-state index contributed by atoms with van der Waals surface area (Å²) in [4.78, 5) is 12.3. The van der Waals surface area contributed by atoms with E-state index in [1.807, 2.05) is 35.8 Å². The van der Waals surface area contributed by atoms with Crippen molar-refractivity contribution >= 4 is 29.6 Å². The fourth-order valence-corrected chi connectivity index (χ4v) is 3.74. The van der Waals surface area contributed by atoms with Crippen LogP contribution in [0.15, 0.2) is 65.4 Å². The van der Waals surface area contributed by atoms with E-state index in [9.17, 15) is 4.79 Å². The van der Waals surface area contributed by atoms with E-state index in [-0.39, 0.29) is 11.7 Å². The number of benzene rings is 2. The number of carbonyl (C=O) groups excluding carboxylic acids is 1. The maximum Gasteiger partial charge on any atom is 0.250 e. The molecule has 2 N–H and O–H groups in total. The first kappa shape index (κ1) is 24.8. The summed E-state index contributed by atoms with van der Waals surface area (Å²) in [6.45, 7) is 6.90. The SMILES string of the molecule is C=CCn1c(CNc2ccc(C)cc2)nnc1SCC(=O)NN=Cc1ccc(OC)cc1OC.